The highest BCUT2D eigenvalue weighted by Crippen LogP contribution is 2.43. The standard InChI is InChI=1S/C18H21N3O3/c1-6-12-10(2)21-18(20)13(9-19)16(12)11-7-14(22-3)17(24-5)15(8-11)23-4/h7-8H,6H2,1-5H3,(H2,20,21)/p+1. The summed E-state index contributed by atoms with van der Waals surface area (Å²) in [7, 11) is 4.68. The van der Waals surface area contributed by atoms with Gasteiger partial charge >= 0.3 is 0 Å². The minimum Gasteiger partial charge on any atom is -0.493 e. The quantitative estimate of drug-likeness (QED) is 0.910. The molecule has 2 aromatic rings. The molecule has 0 amide bonds. The van der Waals surface area contributed by atoms with Crippen molar-refractivity contribution >= 4 is 5.82 Å². The first-order valence-electron chi connectivity index (χ1n) is 7.56. The number of hydrogen-bond acceptors (Lipinski definition) is 5. The smallest absolute Gasteiger partial charge is 0.289 e. The van der Waals surface area contributed by atoms with Gasteiger partial charge in [0.1, 0.15) is 17.3 Å². The van der Waals surface area contributed by atoms with Gasteiger partial charge in [0.25, 0.3) is 5.82 Å². The number of pyridine rings is 1. The van der Waals surface area contributed by atoms with Crippen molar-refractivity contribution in [1.82, 2.24) is 0 Å². The zero-order chi connectivity index (χ0) is 17.9. The SMILES string of the molecule is CCc1c(C)[nH+]c(N)c(C#N)c1-c1cc(OC)c(OC)c(OC)c1. The lowest BCUT2D eigenvalue weighted by atomic mass is 9.92. The van der Waals surface area contributed by atoms with E-state index < -0.39 is 0 Å². The molecule has 0 aliphatic rings. The summed E-state index contributed by atoms with van der Waals surface area (Å²) in [6, 6.07) is 5.86. The summed E-state index contributed by atoms with van der Waals surface area (Å²) < 4.78 is 16.2. The first-order valence-corrected chi connectivity index (χ1v) is 7.56. The summed E-state index contributed by atoms with van der Waals surface area (Å²) in [5.41, 5.74) is 9.96. The zero-order valence-corrected chi connectivity index (χ0v) is 14.6. The third-order valence-corrected chi connectivity index (χ3v) is 4.01. The molecule has 0 bridgehead atoms. The van der Waals surface area contributed by atoms with Crippen LogP contribution in [0.5, 0.6) is 17.2 Å². The molecule has 0 fully saturated rings. The summed E-state index contributed by atoms with van der Waals surface area (Å²) in [4.78, 5) is 3.07. The van der Waals surface area contributed by atoms with Gasteiger partial charge in [-0.05, 0) is 31.0 Å². The molecule has 126 valence electrons. The number of nitrogens with one attached hydrogen (secondary N) is 1. The Morgan fingerprint density at radius 2 is 1.71 bits per heavy atom. The number of rotatable bonds is 5. The Balaban J connectivity index is 2.89. The molecule has 0 radical (unpaired) electrons. The van der Waals surface area contributed by atoms with Crippen LogP contribution in [0.25, 0.3) is 11.1 Å². The van der Waals surface area contributed by atoms with Gasteiger partial charge in [0.15, 0.2) is 11.5 Å². The van der Waals surface area contributed by atoms with Crippen LogP contribution in [0.3, 0.4) is 0 Å². The Morgan fingerprint density at radius 1 is 1.12 bits per heavy atom. The van der Waals surface area contributed by atoms with Crippen LogP contribution in [0.4, 0.5) is 5.82 Å². The highest BCUT2D eigenvalue weighted by atomic mass is 16.5. The van der Waals surface area contributed by atoms with Crippen LogP contribution < -0.4 is 24.9 Å². The normalized spacial score (nSPS) is 10.2. The van der Waals surface area contributed by atoms with E-state index >= 15 is 0 Å². The fourth-order valence-electron chi connectivity index (χ4n) is 2.92. The van der Waals surface area contributed by atoms with E-state index in [4.69, 9.17) is 19.9 Å². The van der Waals surface area contributed by atoms with Crippen molar-refractivity contribution < 1.29 is 19.2 Å². The van der Waals surface area contributed by atoms with E-state index in [0.717, 1.165) is 28.8 Å². The molecule has 0 saturated heterocycles. The highest BCUT2D eigenvalue weighted by molar-refractivity contribution is 5.80. The number of nitrogens with two attached hydrogens (primary N) is 1. The Kier molecular flexibility index (Phi) is 5.14. The molecule has 6 nitrogen and oxygen atoms in total. The molecule has 0 aliphatic carbocycles. The Labute approximate surface area is 141 Å². The second-order valence-corrected chi connectivity index (χ2v) is 5.27. The summed E-state index contributed by atoms with van der Waals surface area (Å²) in [6.07, 6.45) is 0.753. The molecule has 1 aromatic heterocycles. The van der Waals surface area contributed by atoms with Gasteiger partial charge < -0.3 is 14.2 Å². The number of methoxy groups -OCH3 is 3. The lowest BCUT2D eigenvalue weighted by Crippen LogP contribution is -2.20. The van der Waals surface area contributed by atoms with Crippen LogP contribution in [0.15, 0.2) is 12.1 Å². The Hall–Kier alpha value is -2.94. The molecule has 6 heteroatoms. The number of aromatic nitrogens is 1. The first-order chi connectivity index (χ1) is 11.5. The second kappa shape index (κ2) is 7.09. The fourth-order valence-corrected chi connectivity index (χ4v) is 2.92. The maximum atomic E-state index is 9.59. The van der Waals surface area contributed by atoms with Crippen LogP contribution in [0.1, 0.15) is 23.7 Å². The van der Waals surface area contributed by atoms with Crippen molar-refractivity contribution in [2.75, 3.05) is 27.1 Å². The van der Waals surface area contributed by atoms with Crippen LogP contribution in [0.2, 0.25) is 0 Å². The number of nitrogen functional groups attached to an aromatic ring is 1. The van der Waals surface area contributed by atoms with E-state index in [-0.39, 0.29) is 0 Å². The van der Waals surface area contributed by atoms with E-state index in [2.05, 4.69) is 11.1 Å². The zero-order valence-electron chi connectivity index (χ0n) is 14.6. The molecule has 3 N–H and O–H groups in total. The average molecular weight is 328 g/mol. The number of aryl methyl sites for hydroxylation is 1. The molecule has 2 rings (SSSR count). The highest BCUT2D eigenvalue weighted by Gasteiger charge is 2.23. The van der Waals surface area contributed by atoms with Gasteiger partial charge in [-0.15, -0.1) is 0 Å². The summed E-state index contributed by atoms with van der Waals surface area (Å²) >= 11 is 0. The third-order valence-electron chi connectivity index (χ3n) is 4.01. The van der Waals surface area contributed by atoms with E-state index in [1.54, 1.807) is 21.3 Å². The summed E-state index contributed by atoms with van der Waals surface area (Å²) in [5.74, 6) is 1.91. The molecule has 0 spiro atoms. The molecule has 0 saturated carbocycles. The monoisotopic (exact) mass is 328 g/mol. The number of H-pyrrole nitrogens is 1. The molecule has 1 heterocycles. The molecule has 0 aliphatic heterocycles. The predicted molar refractivity (Wildman–Crippen MR) is 91.3 cm³/mol. The molecular formula is C18H22N3O3+. The van der Waals surface area contributed by atoms with Crippen LogP contribution >= 0.6 is 0 Å². The summed E-state index contributed by atoms with van der Waals surface area (Å²) in [5, 5.41) is 9.59. The van der Waals surface area contributed by atoms with Gasteiger partial charge in [0.05, 0.1) is 21.3 Å². The lowest BCUT2D eigenvalue weighted by molar-refractivity contribution is -0.371. The van der Waals surface area contributed by atoms with E-state index in [1.807, 2.05) is 26.0 Å². The topological polar surface area (TPSA) is 91.6 Å². The number of anilines is 1. The van der Waals surface area contributed by atoms with Crippen molar-refractivity contribution in [3.63, 3.8) is 0 Å². The van der Waals surface area contributed by atoms with Gasteiger partial charge in [0, 0.05) is 11.1 Å². The average Bonchev–Trinajstić information content (AvgIpc) is 2.59. The number of nitriles is 1. The van der Waals surface area contributed by atoms with Crippen molar-refractivity contribution in [3.05, 3.63) is 29.0 Å². The Morgan fingerprint density at radius 3 is 2.12 bits per heavy atom. The number of aromatic amines is 1. The van der Waals surface area contributed by atoms with Gasteiger partial charge in [-0.1, -0.05) is 6.92 Å². The number of ether oxygens (including phenoxy) is 3. The maximum Gasteiger partial charge on any atom is 0.289 e. The maximum absolute atomic E-state index is 9.59. The summed E-state index contributed by atoms with van der Waals surface area (Å²) in [6.45, 7) is 3.98. The molecule has 24 heavy (non-hydrogen) atoms. The largest absolute Gasteiger partial charge is 0.493 e. The molecule has 0 atom stereocenters. The first kappa shape index (κ1) is 17.4. The number of benzene rings is 1. The fraction of sp³-hybridized carbons (Fsp3) is 0.333. The van der Waals surface area contributed by atoms with Gasteiger partial charge in [-0.3, -0.25) is 5.73 Å². The van der Waals surface area contributed by atoms with Gasteiger partial charge in [-0.25, -0.2) is 4.98 Å². The Bertz CT molecular complexity index is 785. The van der Waals surface area contributed by atoms with Gasteiger partial charge in [-0.2, -0.15) is 5.26 Å². The lowest BCUT2D eigenvalue weighted by Gasteiger charge is -2.17. The van der Waals surface area contributed by atoms with E-state index in [1.165, 1.54) is 0 Å². The molecular weight excluding hydrogens is 306 g/mol. The van der Waals surface area contributed by atoms with Gasteiger partial charge in [0.2, 0.25) is 5.75 Å². The van der Waals surface area contributed by atoms with E-state index in [0.29, 0.717) is 28.6 Å². The third kappa shape index (κ3) is 2.81. The van der Waals surface area contributed by atoms with Crippen LogP contribution in [0, 0.1) is 18.3 Å². The molecule has 1 aromatic carbocycles. The second-order valence-electron chi connectivity index (χ2n) is 5.27. The molecule has 0 unspecified atom stereocenters. The minimum atomic E-state index is 0.343. The van der Waals surface area contributed by atoms with E-state index in [9.17, 15) is 5.26 Å². The van der Waals surface area contributed by atoms with Crippen molar-refractivity contribution in [1.29, 1.82) is 5.26 Å². The number of hydrogen-bond donors (Lipinski definition) is 1. The van der Waals surface area contributed by atoms with Crippen molar-refractivity contribution in [3.8, 4) is 34.4 Å². The van der Waals surface area contributed by atoms with Crippen molar-refractivity contribution in [2.24, 2.45) is 0 Å². The van der Waals surface area contributed by atoms with Crippen LogP contribution in [-0.2, 0) is 6.42 Å². The minimum absolute atomic E-state index is 0.343. The predicted octanol–water partition coefficient (Wildman–Crippen LogP) is 2.52. The van der Waals surface area contributed by atoms with Crippen molar-refractivity contribution in [2.45, 2.75) is 20.3 Å². The van der Waals surface area contributed by atoms with Crippen LogP contribution in [-0.4, -0.2) is 21.3 Å². The number of nitrogens with zero attached hydrogens (tertiary/aromatic N) is 1.